The molecule has 0 unspecified atom stereocenters. The molecule has 0 amide bonds. The summed E-state index contributed by atoms with van der Waals surface area (Å²) in [6, 6.07) is 3.87. The number of guanidine groups is 1. The van der Waals surface area contributed by atoms with Crippen LogP contribution in [0.4, 0.5) is 0 Å². The fraction of sp³-hybridized carbons (Fsp3) is 0.588. The van der Waals surface area contributed by atoms with Crippen molar-refractivity contribution in [3.63, 3.8) is 0 Å². The molecule has 0 saturated heterocycles. The molecule has 7 heteroatoms. The van der Waals surface area contributed by atoms with Crippen LogP contribution >= 0.6 is 0 Å². The van der Waals surface area contributed by atoms with Crippen molar-refractivity contribution in [2.75, 3.05) is 55.2 Å². The van der Waals surface area contributed by atoms with E-state index in [0.717, 1.165) is 44.1 Å². The van der Waals surface area contributed by atoms with Gasteiger partial charge in [-0.3, -0.25) is 4.99 Å². The Labute approximate surface area is 144 Å². The predicted molar refractivity (Wildman–Crippen MR) is 95.7 cm³/mol. The Morgan fingerprint density at radius 2 is 1.67 bits per heavy atom. The van der Waals surface area contributed by atoms with Crippen LogP contribution in [-0.2, 0) is 11.2 Å². The quantitative estimate of drug-likeness (QED) is 0.382. The van der Waals surface area contributed by atoms with Crippen LogP contribution in [0.15, 0.2) is 17.1 Å². The van der Waals surface area contributed by atoms with E-state index in [1.807, 2.05) is 12.1 Å². The summed E-state index contributed by atoms with van der Waals surface area (Å²) in [5.74, 6) is 2.73. The molecule has 1 aromatic carbocycles. The standard InChI is InChI=1S/C17H29N3O4/c1-18-17(19-10-6-12-21-2)20-11-9-13-7-8-14(22-3)16(24-5)15(13)23-4/h7-8H,6,9-12H2,1-5H3,(H2,18,19,20). The summed E-state index contributed by atoms with van der Waals surface area (Å²) < 4.78 is 21.2. The first kappa shape index (κ1) is 19.9. The molecule has 7 nitrogen and oxygen atoms in total. The Kier molecular flexibility index (Phi) is 9.45. The summed E-state index contributed by atoms with van der Waals surface area (Å²) in [6.45, 7) is 2.26. The molecule has 1 rings (SSSR count). The van der Waals surface area contributed by atoms with E-state index >= 15 is 0 Å². The molecule has 0 atom stereocenters. The van der Waals surface area contributed by atoms with Gasteiger partial charge < -0.3 is 29.6 Å². The zero-order valence-electron chi connectivity index (χ0n) is 15.3. The Balaban J connectivity index is 2.60. The molecule has 1 aromatic rings. The van der Waals surface area contributed by atoms with Crippen LogP contribution in [0.3, 0.4) is 0 Å². The molecular weight excluding hydrogens is 310 g/mol. The SMILES string of the molecule is CN=C(NCCCOC)NCCc1ccc(OC)c(OC)c1OC. The smallest absolute Gasteiger partial charge is 0.203 e. The number of hydrogen-bond donors (Lipinski definition) is 2. The summed E-state index contributed by atoms with van der Waals surface area (Å²) in [7, 11) is 8.29. The van der Waals surface area contributed by atoms with Crippen LogP contribution in [-0.4, -0.2) is 61.1 Å². The number of methoxy groups -OCH3 is 4. The highest BCUT2D eigenvalue weighted by molar-refractivity contribution is 5.79. The zero-order valence-corrected chi connectivity index (χ0v) is 15.3. The number of hydrogen-bond acceptors (Lipinski definition) is 5. The molecule has 0 heterocycles. The van der Waals surface area contributed by atoms with E-state index in [2.05, 4.69) is 15.6 Å². The third-order valence-electron chi connectivity index (χ3n) is 3.51. The molecule has 0 saturated carbocycles. The van der Waals surface area contributed by atoms with Crippen molar-refractivity contribution in [2.45, 2.75) is 12.8 Å². The van der Waals surface area contributed by atoms with E-state index in [0.29, 0.717) is 17.2 Å². The highest BCUT2D eigenvalue weighted by atomic mass is 16.5. The largest absolute Gasteiger partial charge is 0.493 e. The van der Waals surface area contributed by atoms with Crippen molar-refractivity contribution < 1.29 is 18.9 Å². The predicted octanol–water partition coefficient (Wildman–Crippen LogP) is 1.46. The fourth-order valence-corrected chi connectivity index (χ4v) is 2.32. The van der Waals surface area contributed by atoms with Gasteiger partial charge >= 0.3 is 0 Å². The molecule has 0 aliphatic carbocycles. The minimum absolute atomic E-state index is 0.611. The highest BCUT2D eigenvalue weighted by Crippen LogP contribution is 2.39. The van der Waals surface area contributed by atoms with Gasteiger partial charge in [0, 0.05) is 39.4 Å². The van der Waals surface area contributed by atoms with Gasteiger partial charge in [0.1, 0.15) is 0 Å². The topological polar surface area (TPSA) is 73.3 Å². The Bertz CT molecular complexity index is 521. The van der Waals surface area contributed by atoms with E-state index in [1.165, 1.54) is 0 Å². The monoisotopic (exact) mass is 339 g/mol. The van der Waals surface area contributed by atoms with Crippen LogP contribution < -0.4 is 24.8 Å². The van der Waals surface area contributed by atoms with Crippen LogP contribution in [0.5, 0.6) is 17.2 Å². The average molecular weight is 339 g/mol. The maximum atomic E-state index is 5.49. The number of nitrogens with zero attached hydrogens (tertiary/aromatic N) is 1. The Morgan fingerprint density at radius 3 is 2.25 bits per heavy atom. The van der Waals surface area contributed by atoms with Crippen LogP contribution in [0, 0.1) is 0 Å². The first-order chi connectivity index (χ1) is 11.7. The Hall–Kier alpha value is -2.15. The van der Waals surface area contributed by atoms with Crippen LogP contribution in [0.1, 0.15) is 12.0 Å². The minimum atomic E-state index is 0.611. The zero-order chi connectivity index (χ0) is 17.8. The fourth-order valence-electron chi connectivity index (χ4n) is 2.32. The maximum Gasteiger partial charge on any atom is 0.203 e. The normalized spacial score (nSPS) is 11.1. The second-order valence-electron chi connectivity index (χ2n) is 5.02. The van der Waals surface area contributed by atoms with Gasteiger partial charge in [0.25, 0.3) is 0 Å². The molecular formula is C17H29N3O4. The van der Waals surface area contributed by atoms with E-state index < -0.39 is 0 Å². The van der Waals surface area contributed by atoms with Crippen molar-refractivity contribution >= 4 is 5.96 Å². The lowest BCUT2D eigenvalue weighted by Crippen LogP contribution is -2.39. The molecule has 0 radical (unpaired) electrons. The van der Waals surface area contributed by atoms with Gasteiger partial charge in [-0.1, -0.05) is 6.07 Å². The number of nitrogens with one attached hydrogen (secondary N) is 2. The summed E-state index contributed by atoms with van der Waals surface area (Å²) in [6.07, 6.45) is 1.70. The molecule has 136 valence electrons. The van der Waals surface area contributed by atoms with Crippen LogP contribution in [0.2, 0.25) is 0 Å². The molecule has 24 heavy (non-hydrogen) atoms. The van der Waals surface area contributed by atoms with E-state index in [9.17, 15) is 0 Å². The van der Waals surface area contributed by atoms with Gasteiger partial charge in [-0.2, -0.15) is 0 Å². The van der Waals surface area contributed by atoms with Crippen molar-refractivity contribution in [1.29, 1.82) is 0 Å². The minimum Gasteiger partial charge on any atom is -0.493 e. The summed E-state index contributed by atoms with van der Waals surface area (Å²) in [5, 5.41) is 6.53. The van der Waals surface area contributed by atoms with Gasteiger partial charge in [0.05, 0.1) is 21.3 Å². The van der Waals surface area contributed by atoms with E-state index in [4.69, 9.17) is 18.9 Å². The molecule has 2 N–H and O–H groups in total. The van der Waals surface area contributed by atoms with Gasteiger partial charge in [0.15, 0.2) is 17.5 Å². The molecule has 0 spiro atoms. The number of benzene rings is 1. The third kappa shape index (κ3) is 5.81. The van der Waals surface area contributed by atoms with Crippen LogP contribution in [0.25, 0.3) is 0 Å². The average Bonchev–Trinajstić information content (AvgIpc) is 2.62. The van der Waals surface area contributed by atoms with E-state index in [-0.39, 0.29) is 0 Å². The second-order valence-corrected chi connectivity index (χ2v) is 5.02. The lowest BCUT2D eigenvalue weighted by Gasteiger charge is -2.16. The van der Waals surface area contributed by atoms with E-state index in [1.54, 1.807) is 35.5 Å². The number of rotatable bonds is 10. The van der Waals surface area contributed by atoms with Crippen molar-refractivity contribution in [3.8, 4) is 17.2 Å². The first-order valence-corrected chi connectivity index (χ1v) is 7.93. The van der Waals surface area contributed by atoms with Gasteiger partial charge in [-0.25, -0.2) is 0 Å². The molecule has 0 aliphatic rings. The van der Waals surface area contributed by atoms with Crippen molar-refractivity contribution in [3.05, 3.63) is 17.7 Å². The third-order valence-corrected chi connectivity index (χ3v) is 3.51. The number of ether oxygens (including phenoxy) is 4. The summed E-state index contributed by atoms with van der Waals surface area (Å²) in [4.78, 5) is 4.20. The van der Waals surface area contributed by atoms with Crippen molar-refractivity contribution in [2.24, 2.45) is 4.99 Å². The van der Waals surface area contributed by atoms with Gasteiger partial charge in [-0.05, 0) is 18.9 Å². The highest BCUT2D eigenvalue weighted by Gasteiger charge is 2.15. The van der Waals surface area contributed by atoms with Crippen molar-refractivity contribution in [1.82, 2.24) is 10.6 Å². The second kappa shape index (κ2) is 11.4. The first-order valence-electron chi connectivity index (χ1n) is 7.93. The lowest BCUT2D eigenvalue weighted by molar-refractivity contribution is 0.195. The lowest BCUT2D eigenvalue weighted by atomic mass is 10.1. The maximum absolute atomic E-state index is 5.49. The molecule has 0 aromatic heterocycles. The molecule has 0 bridgehead atoms. The summed E-state index contributed by atoms with van der Waals surface area (Å²) >= 11 is 0. The Morgan fingerprint density at radius 1 is 0.958 bits per heavy atom. The molecule has 0 fully saturated rings. The van der Waals surface area contributed by atoms with Gasteiger partial charge in [0.2, 0.25) is 5.75 Å². The van der Waals surface area contributed by atoms with Gasteiger partial charge in [-0.15, -0.1) is 0 Å². The molecule has 0 aliphatic heterocycles. The number of aliphatic imine (C=N–C) groups is 1. The summed E-state index contributed by atoms with van der Waals surface area (Å²) in [5.41, 5.74) is 1.04.